The average molecular weight is 892 g/mol. The summed E-state index contributed by atoms with van der Waals surface area (Å²) in [6.07, 6.45) is 52.4. The van der Waals surface area contributed by atoms with Gasteiger partial charge in [-0.25, -0.2) is 0 Å². The van der Waals surface area contributed by atoms with E-state index in [2.05, 4.69) is 34.6 Å². The Morgan fingerprint density at radius 3 is 0.778 bits per heavy atom. The fraction of sp³-hybridized carbons (Fsp3) is 0.947. The lowest BCUT2D eigenvalue weighted by Gasteiger charge is -2.18. The first-order valence-corrected chi connectivity index (χ1v) is 28.2. The lowest BCUT2D eigenvalue weighted by atomic mass is 10.0. The van der Waals surface area contributed by atoms with Gasteiger partial charge in [-0.15, -0.1) is 0 Å². The van der Waals surface area contributed by atoms with Gasteiger partial charge in [-0.1, -0.05) is 279 Å². The van der Waals surface area contributed by atoms with Gasteiger partial charge >= 0.3 is 17.9 Å². The van der Waals surface area contributed by atoms with E-state index in [0.29, 0.717) is 19.3 Å². The molecule has 0 rings (SSSR count). The maximum atomic E-state index is 12.8. The molecular formula is C57H110O6. The monoisotopic (exact) mass is 891 g/mol. The Morgan fingerprint density at radius 1 is 0.302 bits per heavy atom. The summed E-state index contributed by atoms with van der Waals surface area (Å²) >= 11 is 0. The van der Waals surface area contributed by atoms with E-state index < -0.39 is 6.10 Å². The molecule has 0 saturated heterocycles. The average Bonchev–Trinajstić information content (AvgIpc) is 3.25. The number of carbonyl (C=O) groups is 3. The summed E-state index contributed by atoms with van der Waals surface area (Å²) in [5.74, 6) is 0.851. The number of rotatable bonds is 51. The Labute approximate surface area is 393 Å². The molecule has 0 N–H and O–H groups in total. The lowest BCUT2D eigenvalue weighted by molar-refractivity contribution is -0.167. The zero-order chi connectivity index (χ0) is 46.1. The molecule has 0 saturated carbocycles. The Bertz CT molecular complexity index is 962. The fourth-order valence-electron chi connectivity index (χ4n) is 8.70. The molecule has 0 aliphatic rings. The fourth-order valence-corrected chi connectivity index (χ4v) is 8.70. The van der Waals surface area contributed by atoms with Crippen LogP contribution in [0.4, 0.5) is 0 Å². The standard InChI is InChI=1S/C57H110O6/c1-6-7-8-9-10-11-27-32-37-42-47-55(58)61-50-54(51-62-56(59)48-43-38-33-28-23-19-16-15-18-22-26-31-36-41-46-53(4)5)63-57(60)49-44-39-34-29-24-20-14-12-13-17-21-25-30-35-40-45-52(2)3/h52-54H,6-51H2,1-5H3/t54-/m1/s1. The highest BCUT2D eigenvalue weighted by Crippen LogP contribution is 2.18. The summed E-state index contributed by atoms with van der Waals surface area (Å²) in [6.45, 7) is 11.4. The number of esters is 3. The lowest BCUT2D eigenvalue weighted by Crippen LogP contribution is -2.30. The Morgan fingerprint density at radius 2 is 0.524 bits per heavy atom. The SMILES string of the molecule is CCCCCCCCCCCCC(=O)OC[C@H](COC(=O)CCCCCCCCCCCCCCCCC(C)C)OC(=O)CCCCCCCCCCCCCCCCCC(C)C. The van der Waals surface area contributed by atoms with Crippen molar-refractivity contribution >= 4 is 17.9 Å². The highest BCUT2D eigenvalue weighted by atomic mass is 16.6. The third-order valence-electron chi connectivity index (χ3n) is 13.0. The summed E-state index contributed by atoms with van der Waals surface area (Å²) in [6, 6.07) is 0. The van der Waals surface area contributed by atoms with Crippen LogP contribution in [0.15, 0.2) is 0 Å². The van der Waals surface area contributed by atoms with Gasteiger partial charge in [0.15, 0.2) is 6.10 Å². The molecule has 6 nitrogen and oxygen atoms in total. The summed E-state index contributed by atoms with van der Waals surface area (Å²) < 4.78 is 16.9. The Hall–Kier alpha value is -1.59. The van der Waals surface area contributed by atoms with E-state index in [1.807, 2.05) is 0 Å². The number of hydrogen-bond acceptors (Lipinski definition) is 6. The Balaban J connectivity index is 4.25. The predicted molar refractivity (Wildman–Crippen MR) is 270 cm³/mol. The van der Waals surface area contributed by atoms with Crippen LogP contribution in [-0.2, 0) is 28.6 Å². The zero-order valence-electron chi connectivity index (χ0n) is 43.2. The number of hydrogen-bond donors (Lipinski definition) is 0. The Kier molecular flexibility index (Phi) is 48.6. The van der Waals surface area contributed by atoms with Gasteiger partial charge in [0.1, 0.15) is 13.2 Å². The highest BCUT2D eigenvalue weighted by Gasteiger charge is 2.19. The highest BCUT2D eigenvalue weighted by molar-refractivity contribution is 5.71. The molecule has 0 fully saturated rings. The molecule has 0 aromatic heterocycles. The van der Waals surface area contributed by atoms with Crippen LogP contribution in [0.2, 0.25) is 0 Å². The van der Waals surface area contributed by atoms with Crippen LogP contribution < -0.4 is 0 Å². The van der Waals surface area contributed by atoms with Gasteiger partial charge in [0, 0.05) is 19.3 Å². The molecule has 0 aliphatic heterocycles. The first-order chi connectivity index (χ1) is 30.7. The second-order valence-corrected chi connectivity index (χ2v) is 20.5. The molecule has 63 heavy (non-hydrogen) atoms. The first-order valence-electron chi connectivity index (χ1n) is 28.2. The van der Waals surface area contributed by atoms with E-state index in [-0.39, 0.29) is 31.1 Å². The molecule has 0 amide bonds. The number of carbonyl (C=O) groups excluding carboxylic acids is 3. The van der Waals surface area contributed by atoms with Crippen molar-refractivity contribution in [1.29, 1.82) is 0 Å². The quantitative estimate of drug-likeness (QED) is 0.0344. The molecule has 1 atom stereocenters. The summed E-state index contributed by atoms with van der Waals surface area (Å²) in [7, 11) is 0. The van der Waals surface area contributed by atoms with Crippen LogP contribution in [0.25, 0.3) is 0 Å². The van der Waals surface area contributed by atoms with E-state index in [9.17, 15) is 14.4 Å². The van der Waals surface area contributed by atoms with Gasteiger partial charge in [0.2, 0.25) is 0 Å². The van der Waals surface area contributed by atoms with Crippen LogP contribution >= 0.6 is 0 Å². The van der Waals surface area contributed by atoms with Crippen molar-refractivity contribution in [3.8, 4) is 0 Å². The van der Waals surface area contributed by atoms with Gasteiger partial charge in [-0.3, -0.25) is 14.4 Å². The van der Waals surface area contributed by atoms with Crippen LogP contribution in [0.3, 0.4) is 0 Å². The topological polar surface area (TPSA) is 78.9 Å². The third-order valence-corrected chi connectivity index (χ3v) is 13.0. The molecule has 0 heterocycles. The molecule has 0 aliphatic carbocycles. The van der Waals surface area contributed by atoms with Gasteiger partial charge < -0.3 is 14.2 Å². The second-order valence-electron chi connectivity index (χ2n) is 20.5. The molecule has 0 spiro atoms. The van der Waals surface area contributed by atoms with Crippen LogP contribution in [0.1, 0.15) is 317 Å². The molecule has 374 valence electrons. The summed E-state index contributed by atoms with van der Waals surface area (Å²) in [4.78, 5) is 38.0. The van der Waals surface area contributed by atoms with Gasteiger partial charge in [0.05, 0.1) is 0 Å². The van der Waals surface area contributed by atoms with Crippen molar-refractivity contribution in [2.45, 2.75) is 323 Å². The first kappa shape index (κ1) is 61.4. The van der Waals surface area contributed by atoms with E-state index in [1.165, 1.54) is 205 Å². The van der Waals surface area contributed by atoms with Gasteiger partial charge in [-0.05, 0) is 31.1 Å². The normalized spacial score (nSPS) is 12.0. The summed E-state index contributed by atoms with van der Waals surface area (Å²) in [5, 5.41) is 0. The molecule has 0 unspecified atom stereocenters. The van der Waals surface area contributed by atoms with Crippen molar-refractivity contribution in [2.24, 2.45) is 11.8 Å². The predicted octanol–water partition coefficient (Wildman–Crippen LogP) is 18.5. The maximum Gasteiger partial charge on any atom is 0.306 e. The van der Waals surface area contributed by atoms with Gasteiger partial charge in [-0.2, -0.15) is 0 Å². The van der Waals surface area contributed by atoms with E-state index in [0.717, 1.165) is 69.6 Å². The van der Waals surface area contributed by atoms with Crippen LogP contribution in [-0.4, -0.2) is 37.2 Å². The molecule has 0 aromatic rings. The third kappa shape index (κ3) is 51.3. The molecule has 0 bridgehead atoms. The molecule has 0 radical (unpaired) electrons. The van der Waals surface area contributed by atoms with E-state index in [1.54, 1.807) is 0 Å². The number of unbranched alkanes of at least 4 members (excludes halogenated alkanes) is 36. The van der Waals surface area contributed by atoms with Crippen molar-refractivity contribution in [3.63, 3.8) is 0 Å². The molecule has 6 heteroatoms. The van der Waals surface area contributed by atoms with Crippen molar-refractivity contribution in [3.05, 3.63) is 0 Å². The van der Waals surface area contributed by atoms with Crippen LogP contribution in [0.5, 0.6) is 0 Å². The zero-order valence-corrected chi connectivity index (χ0v) is 43.2. The van der Waals surface area contributed by atoms with Gasteiger partial charge in [0.25, 0.3) is 0 Å². The van der Waals surface area contributed by atoms with E-state index in [4.69, 9.17) is 14.2 Å². The minimum atomic E-state index is -0.762. The largest absolute Gasteiger partial charge is 0.462 e. The van der Waals surface area contributed by atoms with Crippen LogP contribution in [0, 0.1) is 11.8 Å². The maximum absolute atomic E-state index is 12.8. The van der Waals surface area contributed by atoms with Crippen molar-refractivity contribution in [2.75, 3.05) is 13.2 Å². The molecule has 0 aromatic carbocycles. The molecular weight excluding hydrogens is 781 g/mol. The smallest absolute Gasteiger partial charge is 0.306 e. The minimum Gasteiger partial charge on any atom is -0.462 e. The second kappa shape index (κ2) is 49.8. The van der Waals surface area contributed by atoms with Crippen molar-refractivity contribution in [1.82, 2.24) is 0 Å². The van der Waals surface area contributed by atoms with Crippen molar-refractivity contribution < 1.29 is 28.6 Å². The minimum absolute atomic E-state index is 0.0628. The summed E-state index contributed by atoms with van der Waals surface area (Å²) in [5.41, 5.74) is 0. The number of ether oxygens (including phenoxy) is 3. The van der Waals surface area contributed by atoms with E-state index >= 15 is 0 Å².